The highest BCUT2D eigenvalue weighted by molar-refractivity contribution is 6.44. The Bertz CT molecular complexity index is 1000. The lowest BCUT2D eigenvalue weighted by molar-refractivity contribution is -0.857. The molecule has 2 atom stereocenters. The highest BCUT2D eigenvalue weighted by atomic mass is 16.5. The molecule has 7 nitrogen and oxygen atoms in total. The van der Waals surface area contributed by atoms with Gasteiger partial charge in [0.15, 0.2) is 5.78 Å². The van der Waals surface area contributed by atoms with Gasteiger partial charge in [0.1, 0.15) is 17.4 Å². The van der Waals surface area contributed by atoms with Crippen LogP contribution in [-0.2, 0) is 9.59 Å². The fraction of sp³-hybridized carbons (Fsp3) is 0.400. The van der Waals surface area contributed by atoms with Crippen LogP contribution in [-0.4, -0.2) is 63.3 Å². The third kappa shape index (κ3) is 4.67. The topological polar surface area (TPSA) is 77.3 Å². The number of Topliss-reactive ketones (excluding diaryl/α,β-unsaturated/α-hetero) is 2. The monoisotopic (exact) mass is 439 g/mol. The van der Waals surface area contributed by atoms with Crippen LogP contribution < -0.4 is 14.4 Å². The van der Waals surface area contributed by atoms with Gasteiger partial charge < -0.3 is 19.3 Å². The fourth-order valence-corrected chi connectivity index (χ4v) is 4.08. The molecular formula is C25H31N2O5+. The van der Waals surface area contributed by atoms with Gasteiger partial charge in [0, 0.05) is 5.56 Å². The van der Waals surface area contributed by atoms with Crippen LogP contribution in [0.15, 0.2) is 42.5 Å². The first-order valence-electron chi connectivity index (χ1n) is 10.8. The number of likely N-dealkylation sites (N-methyl/N-ethyl adjacent to an activating group) is 1. The number of methoxy groups -OCH3 is 1. The first-order chi connectivity index (χ1) is 15.3. The van der Waals surface area contributed by atoms with E-state index in [0.717, 1.165) is 10.5 Å². The summed E-state index contributed by atoms with van der Waals surface area (Å²) in [4.78, 5) is 42.4. The van der Waals surface area contributed by atoms with Crippen molar-refractivity contribution in [3.05, 3.63) is 59.2 Å². The van der Waals surface area contributed by atoms with Crippen molar-refractivity contribution in [3.8, 4) is 11.5 Å². The minimum absolute atomic E-state index is 0.345. The lowest BCUT2D eigenvalue weighted by Gasteiger charge is -2.27. The molecular weight excluding hydrogens is 408 g/mol. The molecule has 2 unspecified atom stereocenters. The molecule has 170 valence electrons. The Morgan fingerprint density at radius 3 is 2.28 bits per heavy atom. The van der Waals surface area contributed by atoms with E-state index in [1.54, 1.807) is 37.1 Å². The number of quaternary nitrogens is 1. The summed E-state index contributed by atoms with van der Waals surface area (Å²) in [5.41, 5.74) is 1.87. The first-order valence-corrected chi connectivity index (χ1v) is 10.8. The molecule has 1 aliphatic heterocycles. The van der Waals surface area contributed by atoms with Gasteiger partial charge in [0.2, 0.25) is 5.78 Å². The number of amides is 1. The Labute approximate surface area is 188 Å². The first kappa shape index (κ1) is 23.5. The van der Waals surface area contributed by atoms with Crippen molar-refractivity contribution in [2.75, 3.05) is 40.9 Å². The standard InChI is InChI=1S/C25H30N2O5/c1-6-32-18-9-7-17(8-10-18)22-21(24(29)25(30)27(22)14-13-26(3)4)23(28)20-12-11-19(31-5)15-16(20)2/h7-12,15,21-22H,6,13-14H2,1-5H3/p+1. The number of rotatable bonds is 9. The number of nitrogens with zero attached hydrogens (tertiary/aromatic N) is 1. The van der Waals surface area contributed by atoms with Gasteiger partial charge in [-0.15, -0.1) is 0 Å². The van der Waals surface area contributed by atoms with Crippen LogP contribution >= 0.6 is 0 Å². The molecule has 1 heterocycles. The predicted molar refractivity (Wildman–Crippen MR) is 120 cm³/mol. The highest BCUT2D eigenvalue weighted by Gasteiger charge is 2.51. The minimum atomic E-state index is -1.09. The van der Waals surface area contributed by atoms with Gasteiger partial charge in [0.25, 0.3) is 5.91 Å². The summed E-state index contributed by atoms with van der Waals surface area (Å²) in [7, 11) is 5.53. The number of hydrogen-bond acceptors (Lipinski definition) is 5. The Balaban J connectivity index is 2.03. The molecule has 1 saturated heterocycles. The largest absolute Gasteiger partial charge is 0.497 e. The van der Waals surface area contributed by atoms with E-state index in [-0.39, 0.29) is 5.78 Å². The second kappa shape index (κ2) is 9.96. The molecule has 3 rings (SSSR count). The van der Waals surface area contributed by atoms with E-state index < -0.39 is 23.7 Å². The smallest absolute Gasteiger partial charge is 0.291 e. The molecule has 32 heavy (non-hydrogen) atoms. The molecule has 0 aliphatic carbocycles. The second-order valence-corrected chi connectivity index (χ2v) is 8.29. The predicted octanol–water partition coefficient (Wildman–Crippen LogP) is 1.50. The summed E-state index contributed by atoms with van der Waals surface area (Å²) in [5, 5.41) is 0. The normalized spacial score (nSPS) is 18.4. The van der Waals surface area contributed by atoms with Crippen LogP contribution in [0.25, 0.3) is 0 Å². The summed E-state index contributed by atoms with van der Waals surface area (Å²) in [6, 6.07) is 11.7. The Morgan fingerprint density at radius 1 is 1.06 bits per heavy atom. The van der Waals surface area contributed by atoms with Gasteiger partial charge in [-0.05, 0) is 55.3 Å². The molecule has 1 aliphatic rings. The van der Waals surface area contributed by atoms with Gasteiger partial charge in [0.05, 0.1) is 46.9 Å². The van der Waals surface area contributed by atoms with Crippen LogP contribution in [0.5, 0.6) is 11.5 Å². The van der Waals surface area contributed by atoms with E-state index >= 15 is 0 Å². The van der Waals surface area contributed by atoms with Crippen molar-refractivity contribution in [3.63, 3.8) is 0 Å². The van der Waals surface area contributed by atoms with Crippen LogP contribution in [0.2, 0.25) is 0 Å². The van der Waals surface area contributed by atoms with Gasteiger partial charge in [-0.2, -0.15) is 0 Å². The molecule has 0 bridgehead atoms. The number of aryl methyl sites for hydroxylation is 1. The summed E-state index contributed by atoms with van der Waals surface area (Å²) in [6.45, 7) is 5.29. The van der Waals surface area contributed by atoms with Gasteiger partial charge in [-0.1, -0.05) is 12.1 Å². The Hall–Kier alpha value is -3.19. The maximum atomic E-state index is 13.6. The van der Waals surface area contributed by atoms with E-state index in [1.165, 1.54) is 0 Å². The van der Waals surface area contributed by atoms with Crippen molar-refractivity contribution in [1.29, 1.82) is 0 Å². The van der Waals surface area contributed by atoms with E-state index in [9.17, 15) is 14.4 Å². The van der Waals surface area contributed by atoms with E-state index in [2.05, 4.69) is 0 Å². The minimum Gasteiger partial charge on any atom is -0.497 e. The highest BCUT2D eigenvalue weighted by Crippen LogP contribution is 2.39. The summed E-state index contributed by atoms with van der Waals surface area (Å²) >= 11 is 0. The van der Waals surface area contributed by atoms with Crippen LogP contribution in [0.1, 0.15) is 34.5 Å². The zero-order valence-corrected chi connectivity index (χ0v) is 19.3. The number of ketones is 2. The van der Waals surface area contributed by atoms with Crippen LogP contribution in [0.3, 0.4) is 0 Å². The SMILES string of the molecule is CCOc1ccc(C2C(C(=O)c3ccc(OC)cc3C)C(=O)C(=O)N2CC[NH+](C)C)cc1. The summed E-state index contributed by atoms with van der Waals surface area (Å²) < 4.78 is 10.8. The van der Waals surface area contributed by atoms with E-state index in [1.807, 2.05) is 45.3 Å². The molecule has 1 N–H and O–H groups in total. The van der Waals surface area contributed by atoms with Gasteiger partial charge >= 0.3 is 0 Å². The lowest BCUT2D eigenvalue weighted by atomic mass is 9.85. The molecule has 0 saturated carbocycles. The van der Waals surface area contributed by atoms with Crippen LogP contribution in [0.4, 0.5) is 0 Å². The van der Waals surface area contributed by atoms with Gasteiger partial charge in [-0.25, -0.2) is 0 Å². The van der Waals surface area contributed by atoms with E-state index in [0.29, 0.717) is 42.3 Å². The van der Waals surface area contributed by atoms with Crippen molar-refractivity contribution >= 4 is 17.5 Å². The summed E-state index contributed by atoms with van der Waals surface area (Å²) in [6.07, 6.45) is 0. The zero-order valence-electron chi connectivity index (χ0n) is 19.3. The number of benzene rings is 2. The number of carbonyl (C=O) groups is 3. The maximum Gasteiger partial charge on any atom is 0.291 e. The third-order valence-electron chi connectivity index (χ3n) is 5.77. The van der Waals surface area contributed by atoms with Crippen molar-refractivity contribution in [2.24, 2.45) is 5.92 Å². The molecule has 7 heteroatoms. The lowest BCUT2D eigenvalue weighted by Crippen LogP contribution is -3.06. The van der Waals surface area contributed by atoms with Crippen molar-refractivity contribution < 1.29 is 28.8 Å². The summed E-state index contributed by atoms with van der Waals surface area (Å²) in [5.74, 6) is -1.36. The Morgan fingerprint density at radius 2 is 1.72 bits per heavy atom. The quantitative estimate of drug-likeness (QED) is 0.364. The van der Waals surface area contributed by atoms with Gasteiger partial charge in [-0.3, -0.25) is 14.4 Å². The molecule has 0 aromatic heterocycles. The Kier molecular flexibility index (Phi) is 7.30. The average molecular weight is 440 g/mol. The number of carbonyl (C=O) groups excluding carboxylic acids is 3. The van der Waals surface area contributed by atoms with E-state index in [4.69, 9.17) is 9.47 Å². The molecule has 0 radical (unpaired) electrons. The molecule has 0 spiro atoms. The van der Waals surface area contributed by atoms with Crippen molar-refractivity contribution in [2.45, 2.75) is 19.9 Å². The maximum absolute atomic E-state index is 13.6. The fourth-order valence-electron chi connectivity index (χ4n) is 4.08. The average Bonchev–Trinajstić information content (AvgIpc) is 3.02. The third-order valence-corrected chi connectivity index (χ3v) is 5.77. The molecule has 1 fully saturated rings. The number of ether oxygens (including phenoxy) is 2. The number of likely N-dealkylation sites (tertiary alicyclic amines) is 1. The zero-order chi connectivity index (χ0) is 23.4. The number of hydrogen-bond donors (Lipinski definition) is 1. The van der Waals surface area contributed by atoms with Crippen molar-refractivity contribution in [1.82, 2.24) is 4.90 Å². The van der Waals surface area contributed by atoms with Crippen LogP contribution in [0, 0.1) is 12.8 Å². The molecule has 2 aromatic rings. The molecule has 2 aromatic carbocycles. The number of nitrogens with one attached hydrogen (secondary N) is 1. The molecule has 1 amide bonds. The second-order valence-electron chi connectivity index (χ2n) is 8.29.